The van der Waals surface area contributed by atoms with Gasteiger partial charge in [-0.05, 0) is 11.1 Å². The van der Waals surface area contributed by atoms with Crippen LogP contribution in [0.4, 0.5) is 0 Å². The second-order valence-electron chi connectivity index (χ2n) is 1.79. The summed E-state index contributed by atoms with van der Waals surface area (Å²) in [5, 5.41) is 12.0. The van der Waals surface area contributed by atoms with E-state index in [1.165, 1.54) is 11.1 Å². The van der Waals surface area contributed by atoms with Crippen molar-refractivity contribution in [3.63, 3.8) is 0 Å². The van der Waals surface area contributed by atoms with Crippen LogP contribution >= 0.6 is 0 Å². The highest BCUT2D eigenvalue weighted by molar-refractivity contribution is 7.73. The van der Waals surface area contributed by atoms with Crippen LogP contribution in [0.3, 0.4) is 0 Å². The summed E-state index contributed by atoms with van der Waals surface area (Å²) in [4.78, 5) is 0. The van der Waals surface area contributed by atoms with Crippen molar-refractivity contribution in [1.29, 1.82) is 10.8 Å². The molecule has 0 heterocycles. The number of rotatable bonds is 0. The molecule has 0 aromatic heterocycles. The molecule has 0 spiro atoms. The van der Waals surface area contributed by atoms with E-state index in [-0.39, 0.29) is 0 Å². The molecule has 0 amide bonds. The minimum atomic E-state index is -2.86. The van der Waals surface area contributed by atoms with E-state index in [9.17, 15) is 0 Å². The van der Waals surface area contributed by atoms with Crippen molar-refractivity contribution in [1.82, 2.24) is 0 Å². The molecule has 1 atom stereocenters. The Morgan fingerprint density at radius 1 is 1.17 bits per heavy atom. The van der Waals surface area contributed by atoms with E-state index >= 15 is 0 Å². The highest BCUT2D eigenvalue weighted by Crippen LogP contribution is 2.29. The summed E-state index contributed by atoms with van der Waals surface area (Å²) >= 11 is -2.86. The fourth-order valence-corrected chi connectivity index (χ4v) is 0.663. The van der Waals surface area contributed by atoms with Crippen molar-refractivity contribution >= 4 is 11.4 Å². The first-order valence-electron chi connectivity index (χ1n) is 2.79. The van der Waals surface area contributed by atoms with Crippen LogP contribution < -0.4 is 0 Å². The fraction of sp³-hybridized carbons (Fsp3) is 0. The zero-order chi connectivity index (χ0) is 9.56. The van der Waals surface area contributed by atoms with E-state index in [0.29, 0.717) is 0 Å². The Kier molecular flexibility index (Phi) is 4.79. The van der Waals surface area contributed by atoms with Crippen LogP contribution in [0.2, 0.25) is 0 Å². The summed E-state index contributed by atoms with van der Waals surface area (Å²) in [6, 6.07) is 8.48. The zero-order valence-electron chi connectivity index (χ0n) is 5.88. The highest BCUT2D eigenvalue weighted by Gasteiger charge is 2.03. The maximum absolute atomic E-state index is 8.56. The molecular formula is C6H5N2O3S-. The summed E-state index contributed by atoms with van der Waals surface area (Å²) < 4.78 is 24.1. The zero-order valence-corrected chi connectivity index (χ0v) is 6.69. The van der Waals surface area contributed by atoms with Gasteiger partial charge >= 0.3 is 0 Å². The third-order valence-electron chi connectivity index (χ3n) is 1.22. The van der Waals surface area contributed by atoms with Gasteiger partial charge in [-0.3, -0.25) is 0 Å². The Morgan fingerprint density at radius 3 is 1.33 bits per heavy atom. The quantitative estimate of drug-likeness (QED) is 0.487. The van der Waals surface area contributed by atoms with Gasteiger partial charge in [0.2, 0.25) is 0 Å². The first-order chi connectivity index (χ1) is 5.70. The second kappa shape index (κ2) is 5.37. The van der Waals surface area contributed by atoms with Gasteiger partial charge in [-0.2, -0.15) is 0 Å². The Bertz CT molecular complexity index is 258. The fourth-order valence-electron chi connectivity index (χ4n) is 0.663. The standard InChI is InChI=1S/C6H4.N2.H2O3S/c1-2-6-4-3-5(1)6;1-2;1-4(2)3/h1-4H;;(H2,1,2,3)/p-1. The Morgan fingerprint density at radius 2 is 1.33 bits per heavy atom. The van der Waals surface area contributed by atoms with Crippen molar-refractivity contribution in [2.75, 3.05) is 0 Å². The van der Waals surface area contributed by atoms with Crippen LogP contribution in [0.25, 0.3) is 11.1 Å². The van der Waals surface area contributed by atoms with E-state index in [4.69, 9.17) is 24.1 Å². The lowest BCUT2D eigenvalue weighted by atomic mass is 9.95. The summed E-state index contributed by atoms with van der Waals surface area (Å²) in [6.45, 7) is 0. The van der Waals surface area contributed by atoms with Gasteiger partial charge in [-0.25, -0.2) is 4.21 Å². The maximum Gasteiger partial charge on any atom is 0.0814 e. The van der Waals surface area contributed by atoms with E-state index in [2.05, 4.69) is 24.3 Å². The van der Waals surface area contributed by atoms with Crippen LogP contribution in [0.1, 0.15) is 0 Å². The normalized spacial score (nSPS) is 11.0. The van der Waals surface area contributed by atoms with Crippen molar-refractivity contribution < 1.29 is 13.3 Å². The van der Waals surface area contributed by atoms with Crippen LogP contribution in [0.15, 0.2) is 24.3 Å². The lowest BCUT2D eigenvalue weighted by molar-refractivity contribution is 0.436. The van der Waals surface area contributed by atoms with E-state index in [1.54, 1.807) is 0 Å². The molecule has 2 rings (SSSR count). The van der Waals surface area contributed by atoms with E-state index in [1.807, 2.05) is 0 Å². The molecule has 2 aliphatic rings. The molecule has 0 aromatic carbocycles. The first-order valence-corrected chi connectivity index (χ1v) is 3.82. The SMILES string of the molecule is N#N.O=S([O-])O.c1cc2ccc1-2. The summed E-state index contributed by atoms with van der Waals surface area (Å²) in [5.74, 6) is 0. The number of nitrogens with zero attached hydrogens (tertiary/aromatic N) is 2. The molecule has 0 saturated heterocycles. The third kappa shape index (κ3) is 3.21. The topological polar surface area (TPSA) is 108 Å². The minimum absolute atomic E-state index is 1.43. The van der Waals surface area contributed by atoms with Crippen LogP contribution in [-0.4, -0.2) is 13.3 Å². The molecule has 0 aliphatic heterocycles. The number of fused-ring (bicyclic) bond motifs is 1. The van der Waals surface area contributed by atoms with Crippen LogP contribution in [0.5, 0.6) is 0 Å². The molecule has 0 fully saturated rings. The monoisotopic (exact) mass is 185 g/mol. The Balaban J connectivity index is 0.000000181. The van der Waals surface area contributed by atoms with Crippen molar-refractivity contribution in [2.24, 2.45) is 0 Å². The van der Waals surface area contributed by atoms with Gasteiger partial charge in [0, 0.05) is 10.8 Å². The second-order valence-corrected chi connectivity index (χ2v) is 2.23. The predicted octanol–water partition coefficient (Wildman–Crippen LogP) is 1.04. The molecule has 6 heteroatoms. The number of hydrogen-bond donors (Lipinski definition) is 1. The summed E-state index contributed by atoms with van der Waals surface area (Å²) in [7, 11) is 0. The van der Waals surface area contributed by atoms with E-state index in [0.717, 1.165) is 0 Å². The third-order valence-corrected chi connectivity index (χ3v) is 1.22. The average molecular weight is 185 g/mol. The molecule has 0 aromatic rings. The summed E-state index contributed by atoms with van der Waals surface area (Å²) in [6.07, 6.45) is 0. The lowest BCUT2D eigenvalue weighted by Gasteiger charge is -2.10. The molecule has 1 unspecified atom stereocenters. The molecule has 1 N–H and O–H groups in total. The molecule has 2 aliphatic carbocycles. The molecule has 5 nitrogen and oxygen atoms in total. The number of benzene rings is 1. The van der Waals surface area contributed by atoms with Gasteiger partial charge in [0.1, 0.15) is 0 Å². The van der Waals surface area contributed by atoms with Gasteiger partial charge in [-0.1, -0.05) is 24.3 Å². The molecule has 64 valence electrons. The lowest BCUT2D eigenvalue weighted by Crippen LogP contribution is -1.85. The van der Waals surface area contributed by atoms with Gasteiger partial charge in [0.25, 0.3) is 0 Å². The largest absolute Gasteiger partial charge is 0.750 e. The molecule has 12 heavy (non-hydrogen) atoms. The Hall–Kier alpha value is -1.29. The van der Waals surface area contributed by atoms with Gasteiger partial charge in [0.05, 0.1) is 11.4 Å². The minimum Gasteiger partial charge on any atom is -0.750 e. The molecular weight excluding hydrogens is 180 g/mol. The van der Waals surface area contributed by atoms with Gasteiger partial charge < -0.3 is 9.11 Å². The van der Waals surface area contributed by atoms with Crippen molar-refractivity contribution in [3.05, 3.63) is 24.3 Å². The van der Waals surface area contributed by atoms with Crippen molar-refractivity contribution in [3.8, 4) is 11.1 Å². The van der Waals surface area contributed by atoms with Gasteiger partial charge in [0.15, 0.2) is 0 Å². The molecule has 0 saturated carbocycles. The molecule has 0 radical (unpaired) electrons. The van der Waals surface area contributed by atoms with Crippen LogP contribution in [-0.2, 0) is 11.4 Å². The summed E-state index contributed by atoms with van der Waals surface area (Å²) in [5.41, 5.74) is 2.85. The average Bonchev–Trinajstić information content (AvgIpc) is 2.00. The van der Waals surface area contributed by atoms with E-state index < -0.39 is 11.4 Å². The molecule has 0 bridgehead atoms. The van der Waals surface area contributed by atoms with Crippen LogP contribution in [0, 0.1) is 10.8 Å². The maximum atomic E-state index is 8.56. The van der Waals surface area contributed by atoms with Gasteiger partial charge in [-0.15, -0.1) is 0 Å². The number of hydrogen-bond acceptors (Lipinski definition) is 4. The smallest absolute Gasteiger partial charge is 0.0814 e. The first kappa shape index (κ1) is 10.7. The predicted molar refractivity (Wildman–Crippen MR) is 40.4 cm³/mol. The van der Waals surface area contributed by atoms with Crippen molar-refractivity contribution in [2.45, 2.75) is 0 Å². The highest BCUT2D eigenvalue weighted by atomic mass is 32.2. The Labute approximate surface area is 71.6 Å².